The summed E-state index contributed by atoms with van der Waals surface area (Å²) >= 11 is 3.59. The van der Waals surface area contributed by atoms with E-state index < -0.39 is 0 Å². The van der Waals surface area contributed by atoms with E-state index in [1.165, 1.54) is 41.3 Å². The van der Waals surface area contributed by atoms with Crippen LogP contribution in [0, 0.1) is 12.8 Å². The molecule has 1 aliphatic carbocycles. The van der Waals surface area contributed by atoms with Gasteiger partial charge in [0.1, 0.15) is 0 Å². The summed E-state index contributed by atoms with van der Waals surface area (Å²) in [6.07, 6.45) is 5.37. The fourth-order valence-corrected chi connectivity index (χ4v) is 2.93. The number of hydrogen-bond donors (Lipinski definition) is 1. The van der Waals surface area contributed by atoms with Crippen LogP contribution in [0.4, 0.5) is 0 Å². The second-order valence-electron chi connectivity index (χ2n) is 5.12. The van der Waals surface area contributed by atoms with Gasteiger partial charge in [-0.25, -0.2) is 0 Å². The molecule has 1 atom stereocenters. The van der Waals surface area contributed by atoms with Gasteiger partial charge in [-0.05, 0) is 61.9 Å². The Morgan fingerprint density at radius 1 is 1.41 bits per heavy atom. The number of halogens is 1. The van der Waals surface area contributed by atoms with Crippen molar-refractivity contribution in [1.82, 2.24) is 5.32 Å². The van der Waals surface area contributed by atoms with Crippen LogP contribution in [0.1, 0.15) is 49.8 Å². The van der Waals surface area contributed by atoms with Crippen LogP contribution >= 0.6 is 15.9 Å². The van der Waals surface area contributed by atoms with E-state index in [-0.39, 0.29) is 0 Å². The molecule has 1 aromatic carbocycles. The molecule has 1 N–H and O–H groups in total. The molecule has 94 valence electrons. The summed E-state index contributed by atoms with van der Waals surface area (Å²) in [7, 11) is 0. The van der Waals surface area contributed by atoms with Crippen molar-refractivity contribution in [1.29, 1.82) is 0 Å². The average molecular weight is 296 g/mol. The van der Waals surface area contributed by atoms with E-state index in [0.29, 0.717) is 6.04 Å². The molecule has 0 spiro atoms. The predicted molar refractivity (Wildman–Crippen MR) is 77.3 cm³/mol. The molecule has 17 heavy (non-hydrogen) atoms. The molecular weight excluding hydrogens is 274 g/mol. The molecule has 1 saturated carbocycles. The number of nitrogens with one attached hydrogen (secondary N) is 1. The van der Waals surface area contributed by atoms with Crippen molar-refractivity contribution in [3.63, 3.8) is 0 Å². The molecule has 0 bridgehead atoms. The van der Waals surface area contributed by atoms with Crippen molar-refractivity contribution in [2.24, 2.45) is 5.92 Å². The van der Waals surface area contributed by atoms with Gasteiger partial charge in [0.05, 0.1) is 0 Å². The Labute approximate surface area is 113 Å². The summed E-state index contributed by atoms with van der Waals surface area (Å²) in [5.74, 6) is 0.842. The van der Waals surface area contributed by atoms with Crippen molar-refractivity contribution >= 4 is 15.9 Å². The van der Waals surface area contributed by atoms with Crippen molar-refractivity contribution < 1.29 is 0 Å². The molecule has 1 fully saturated rings. The van der Waals surface area contributed by atoms with Crippen LogP contribution in [0.25, 0.3) is 0 Å². The average Bonchev–Trinajstić information content (AvgIpc) is 2.25. The van der Waals surface area contributed by atoms with E-state index in [0.717, 1.165) is 12.5 Å². The minimum absolute atomic E-state index is 0.557. The lowest BCUT2D eigenvalue weighted by molar-refractivity contribution is 0.230. The van der Waals surface area contributed by atoms with Gasteiger partial charge in [0.15, 0.2) is 0 Å². The maximum Gasteiger partial charge on any atom is 0.0351 e. The summed E-state index contributed by atoms with van der Waals surface area (Å²) in [6, 6.07) is 7.21. The van der Waals surface area contributed by atoms with Gasteiger partial charge in [0, 0.05) is 10.5 Å². The van der Waals surface area contributed by atoms with Gasteiger partial charge in [-0.2, -0.15) is 0 Å². The number of benzene rings is 1. The van der Waals surface area contributed by atoms with Gasteiger partial charge >= 0.3 is 0 Å². The van der Waals surface area contributed by atoms with Crippen LogP contribution in [-0.2, 0) is 0 Å². The minimum Gasteiger partial charge on any atom is -0.310 e. The molecule has 0 aliphatic heterocycles. The number of aryl methyl sites for hydroxylation is 1. The Morgan fingerprint density at radius 2 is 2.18 bits per heavy atom. The van der Waals surface area contributed by atoms with E-state index >= 15 is 0 Å². The lowest BCUT2D eigenvalue weighted by Gasteiger charge is -2.35. The first-order valence-electron chi connectivity index (χ1n) is 6.71. The van der Waals surface area contributed by atoms with Gasteiger partial charge in [-0.3, -0.25) is 0 Å². The quantitative estimate of drug-likeness (QED) is 0.837. The highest BCUT2D eigenvalue weighted by atomic mass is 79.9. The molecular formula is C15H22BrN. The second kappa shape index (κ2) is 6.01. The zero-order valence-electron chi connectivity index (χ0n) is 10.8. The maximum absolute atomic E-state index is 3.73. The zero-order chi connectivity index (χ0) is 12.3. The Hall–Kier alpha value is -0.340. The molecule has 0 aromatic heterocycles. The standard InChI is InChI=1S/C15H22BrN/c1-3-9-17-15(12-5-4-6-12)14-10-13(16)8-7-11(14)2/h7-8,10,12,15,17H,3-6,9H2,1-2H3. The van der Waals surface area contributed by atoms with Crippen LogP contribution < -0.4 is 5.32 Å². The number of rotatable bonds is 5. The van der Waals surface area contributed by atoms with Crippen LogP contribution in [0.2, 0.25) is 0 Å². The summed E-state index contributed by atoms with van der Waals surface area (Å²) in [6.45, 7) is 5.58. The molecule has 1 unspecified atom stereocenters. The first-order valence-corrected chi connectivity index (χ1v) is 7.51. The smallest absolute Gasteiger partial charge is 0.0351 e. The van der Waals surface area contributed by atoms with Gasteiger partial charge in [-0.15, -0.1) is 0 Å². The minimum atomic E-state index is 0.557. The Balaban J connectivity index is 2.20. The first kappa shape index (κ1) is 13.1. The van der Waals surface area contributed by atoms with Gasteiger partial charge in [0.25, 0.3) is 0 Å². The Bertz CT molecular complexity index is 371. The second-order valence-corrected chi connectivity index (χ2v) is 6.04. The fraction of sp³-hybridized carbons (Fsp3) is 0.600. The third kappa shape index (κ3) is 3.11. The summed E-state index contributed by atoms with van der Waals surface area (Å²) in [5.41, 5.74) is 2.89. The lowest BCUT2D eigenvalue weighted by Crippen LogP contribution is -2.33. The van der Waals surface area contributed by atoms with Gasteiger partial charge in [-0.1, -0.05) is 35.3 Å². The van der Waals surface area contributed by atoms with Crippen LogP contribution in [0.5, 0.6) is 0 Å². The van der Waals surface area contributed by atoms with Gasteiger partial charge in [0.2, 0.25) is 0 Å². The van der Waals surface area contributed by atoms with Crippen LogP contribution in [0.15, 0.2) is 22.7 Å². The normalized spacial score (nSPS) is 17.8. The third-order valence-electron chi connectivity index (χ3n) is 3.81. The molecule has 2 rings (SSSR count). The molecule has 0 heterocycles. The third-order valence-corrected chi connectivity index (χ3v) is 4.31. The number of hydrogen-bond acceptors (Lipinski definition) is 1. The van der Waals surface area contributed by atoms with Crippen LogP contribution in [0.3, 0.4) is 0 Å². The van der Waals surface area contributed by atoms with Crippen molar-refractivity contribution in [2.45, 2.75) is 45.6 Å². The van der Waals surface area contributed by atoms with E-state index in [1.807, 2.05) is 0 Å². The van der Waals surface area contributed by atoms with Crippen molar-refractivity contribution in [3.8, 4) is 0 Å². The largest absolute Gasteiger partial charge is 0.310 e. The van der Waals surface area contributed by atoms with E-state index in [1.54, 1.807) is 0 Å². The molecule has 0 radical (unpaired) electrons. The van der Waals surface area contributed by atoms with Crippen molar-refractivity contribution in [3.05, 3.63) is 33.8 Å². The topological polar surface area (TPSA) is 12.0 Å². The fourth-order valence-electron chi connectivity index (χ4n) is 2.55. The molecule has 2 heteroatoms. The first-order chi connectivity index (χ1) is 8.22. The molecule has 0 amide bonds. The van der Waals surface area contributed by atoms with E-state index in [2.05, 4.69) is 53.3 Å². The highest BCUT2D eigenvalue weighted by Crippen LogP contribution is 2.39. The Morgan fingerprint density at radius 3 is 2.76 bits per heavy atom. The molecule has 1 nitrogen and oxygen atoms in total. The van der Waals surface area contributed by atoms with E-state index in [4.69, 9.17) is 0 Å². The summed E-state index contributed by atoms with van der Waals surface area (Å²) in [4.78, 5) is 0. The summed E-state index contributed by atoms with van der Waals surface area (Å²) < 4.78 is 1.20. The molecule has 0 saturated heterocycles. The molecule has 1 aromatic rings. The summed E-state index contributed by atoms with van der Waals surface area (Å²) in [5, 5.41) is 3.73. The van der Waals surface area contributed by atoms with Gasteiger partial charge < -0.3 is 5.32 Å². The molecule has 1 aliphatic rings. The zero-order valence-corrected chi connectivity index (χ0v) is 12.4. The predicted octanol–water partition coefficient (Wildman–Crippen LogP) is 4.60. The highest BCUT2D eigenvalue weighted by Gasteiger charge is 2.28. The monoisotopic (exact) mass is 295 g/mol. The lowest BCUT2D eigenvalue weighted by atomic mass is 9.76. The van der Waals surface area contributed by atoms with Crippen LogP contribution in [-0.4, -0.2) is 6.54 Å². The Kier molecular flexibility index (Phi) is 4.63. The maximum atomic E-state index is 3.73. The highest BCUT2D eigenvalue weighted by molar-refractivity contribution is 9.10. The SMILES string of the molecule is CCCNC(c1cc(Br)ccc1C)C1CCC1. The van der Waals surface area contributed by atoms with E-state index in [9.17, 15) is 0 Å². The van der Waals surface area contributed by atoms with Crippen molar-refractivity contribution in [2.75, 3.05) is 6.54 Å².